The topological polar surface area (TPSA) is 77.1 Å². The minimum Gasteiger partial charge on any atom is -0.445 e. The van der Waals surface area contributed by atoms with Gasteiger partial charge in [-0.1, -0.05) is 60.7 Å². The zero-order valence-electron chi connectivity index (χ0n) is 20.9. The van der Waals surface area contributed by atoms with Gasteiger partial charge in [0.1, 0.15) is 13.2 Å². The molecule has 7 heteroatoms. The zero-order chi connectivity index (χ0) is 25.0. The molecule has 7 nitrogen and oxygen atoms in total. The van der Waals surface area contributed by atoms with Crippen molar-refractivity contribution in [1.82, 2.24) is 10.2 Å². The van der Waals surface area contributed by atoms with E-state index in [1.807, 2.05) is 37.3 Å². The Balaban J connectivity index is 1.25. The molecule has 1 N–H and O–H groups in total. The molecule has 5 rings (SSSR count). The molecule has 2 aromatic rings. The number of nitrogens with zero attached hydrogens (tertiary/aromatic N) is 1. The SMILES string of the molecule is C[C@@H]1C[C@@]2(COCC(=O)N2)[C@H](CO[C@H]2CC[C@@H](c3ccccc3)CC2)N1C(=O)OCc1ccccc1. The number of ether oxygens (including phenoxy) is 3. The Morgan fingerprint density at radius 1 is 1.06 bits per heavy atom. The van der Waals surface area contributed by atoms with Crippen LogP contribution in [0.3, 0.4) is 0 Å². The van der Waals surface area contributed by atoms with E-state index in [4.69, 9.17) is 14.2 Å². The van der Waals surface area contributed by atoms with Gasteiger partial charge < -0.3 is 19.5 Å². The van der Waals surface area contributed by atoms with Crippen molar-refractivity contribution in [2.24, 2.45) is 0 Å². The number of carbonyl (C=O) groups excluding carboxylic acids is 2. The highest BCUT2D eigenvalue weighted by Crippen LogP contribution is 2.38. The van der Waals surface area contributed by atoms with E-state index in [-0.39, 0.29) is 43.4 Å². The predicted molar refractivity (Wildman–Crippen MR) is 135 cm³/mol. The second-order valence-electron chi connectivity index (χ2n) is 10.4. The van der Waals surface area contributed by atoms with Crippen LogP contribution in [0.2, 0.25) is 0 Å². The van der Waals surface area contributed by atoms with Crippen LogP contribution in [-0.4, -0.2) is 60.4 Å². The molecule has 2 heterocycles. The molecule has 2 aliphatic heterocycles. The molecule has 2 aromatic carbocycles. The third-order valence-corrected chi connectivity index (χ3v) is 7.94. The minimum absolute atomic E-state index is 0.0473. The summed E-state index contributed by atoms with van der Waals surface area (Å²) in [5.74, 6) is 0.417. The number of hydrogen-bond donors (Lipinski definition) is 1. The maximum absolute atomic E-state index is 13.3. The van der Waals surface area contributed by atoms with Gasteiger partial charge in [0.25, 0.3) is 0 Å². The number of hydrogen-bond acceptors (Lipinski definition) is 5. The van der Waals surface area contributed by atoms with E-state index in [9.17, 15) is 9.59 Å². The number of nitrogens with one attached hydrogen (secondary N) is 1. The molecule has 1 spiro atoms. The van der Waals surface area contributed by atoms with Crippen LogP contribution in [0.15, 0.2) is 60.7 Å². The molecule has 192 valence electrons. The Bertz CT molecular complexity index is 1020. The summed E-state index contributed by atoms with van der Waals surface area (Å²) in [5.41, 5.74) is 1.67. The van der Waals surface area contributed by atoms with E-state index in [1.165, 1.54) is 5.56 Å². The zero-order valence-corrected chi connectivity index (χ0v) is 20.9. The summed E-state index contributed by atoms with van der Waals surface area (Å²) in [7, 11) is 0. The van der Waals surface area contributed by atoms with E-state index in [1.54, 1.807) is 4.90 Å². The molecule has 0 aromatic heterocycles. The van der Waals surface area contributed by atoms with E-state index in [2.05, 4.69) is 35.6 Å². The standard InChI is InChI=1S/C29H36N2O5/c1-21-16-29(20-34-19-27(32)30-29)26(31(21)28(33)36-17-22-8-4-2-5-9-22)18-35-25-14-12-24(13-15-25)23-10-6-3-7-11-23/h2-11,21,24-26H,12-20H2,1H3,(H,30,32)/t21-,24-,25+,26+,29-/m1/s1. The highest BCUT2D eigenvalue weighted by molar-refractivity contribution is 5.79. The maximum atomic E-state index is 13.3. The Morgan fingerprint density at radius 3 is 2.44 bits per heavy atom. The molecule has 1 aliphatic carbocycles. The number of rotatable bonds is 6. The van der Waals surface area contributed by atoms with Crippen molar-refractivity contribution in [2.45, 2.75) is 75.3 Å². The van der Waals surface area contributed by atoms with E-state index >= 15 is 0 Å². The number of morpholine rings is 1. The summed E-state index contributed by atoms with van der Waals surface area (Å²) >= 11 is 0. The number of benzene rings is 2. The normalized spacial score (nSPS) is 30.2. The van der Waals surface area contributed by atoms with Crippen molar-refractivity contribution in [2.75, 3.05) is 19.8 Å². The second-order valence-corrected chi connectivity index (χ2v) is 10.4. The van der Waals surface area contributed by atoms with Crippen molar-refractivity contribution < 1.29 is 23.8 Å². The van der Waals surface area contributed by atoms with Gasteiger partial charge in [0, 0.05) is 6.04 Å². The summed E-state index contributed by atoms with van der Waals surface area (Å²) in [6, 6.07) is 19.9. The van der Waals surface area contributed by atoms with Crippen molar-refractivity contribution in [3.63, 3.8) is 0 Å². The molecule has 0 radical (unpaired) electrons. The lowest BCUT2D eigenvalue weighted by Gasteiger charge is -2.41. The second kappa shape index (κ2) is 11.0. The van der Waals surface area contributed by atoms with Crippen LogP contribution in [0.1, 0.15) is 56.1 Å². The highest BCUT2D eigenvalue weighted by Gasteiger charge is 2.55. The lowest BCUT2D eigenvalue weighted by molar-refractivity contribution is -0.137. The first-order chi connectivity index (χ1) is 17.5. The highest BCUT2D eigenvalue weighted by atomic mass is 16.6. The third kappa shape index (κ3) is 5.42. The van der Waals surface area contributed by atoms with Crippen LogP contribution in [0, 0.1) is 0 Å². The van der Waals surface area contributed by atoms with Crippen LogP contribution in [0.5, 0.6) is 0 Å². The van der Waals surface area contributed by atoms with Crippen LogP contribution in [0.25, 0.3) is 0 Å². The summed E-state index contributed by atoms with van der Waals surface area (Å²) < 4.78 is 17.8. The Hall–Kier alpha value is -2.90. The average Bonchev–Trinajstić information content (AvgIpc) is 3.17. The molecule has 3 atom stereocenters. The van der Waals surface area contributed by atoms with Crippen molar-refractivity contribution in [3.05, 3.63) is 71.8 Å². The largest absolute Gasteiger partial charge is 0.445 e. The van der Waals surface area contributed by atoms with Gasteiger partial charge in [-0.2, -0.15) is 0 Å². The molecule has 0 bridgehead atoms. The van der Waals surface area contributed by atoms with Crippen LogP contribution in [0.4, 0.5) is 4.79 Å². The van der Waals surface area contributed by atoms with Gasteiger partial charge in [-0.05, 0) is 56.1 Å². The van der Waals surface area contributed by atoms with Crippen molar-refractivity contribution in [1.29, 1.82) is 0 Å². The number of amides is 2. The van der Waals surface area contributed by atoms with Gasteiger partial charge in [0.05, 0.1) is 30.9 Å². The van der Waals surface area contributed by atoms with Gasteiger partial charge in [0.15, 0.2) is 0 Å². The summed E-state index contributed by atoms with van der Waals surface area (Å²) in [6.45, 7) is 2.95. The molecule has 0 unspecified atom stereocenters. The Kier molecular flexibility index (Phi) is 7.58. The smallest absolute Gasteiger partial charge is 0.410 e. The summed E-state index contributed by atoms with van der Waals surface area (Å²) in [4.78, 5) is 27.4. The van der Waals surface area contributed by atoms with E-state index < -0.39 is 5.54 Å². The lowest BCUT2D eigenvalue weighted by Crippen LogP contribution is -2.65. The average molecular weight is 493 g/mol. The molecule has 3 aliphatic rings. The Labute approximate surface area is 213 Å². The van der Waals surface area contributed by atoms with Crippen LogP contribution >= 0.6 is 0 Å². The molecule has 2 saturated heterocycles. The first-order valence-corrected chi connectivity index (χ1v) is 13.1. The molecule has 2 amide bonds. The molecule has 3 fully saturated rings. The fourth-order valence-electron chi connectivity index (χ4n) is 6.16. The quantitative estimate of drug-likeness (QED) is 0.646. The molecule has 36 heavy (non-hydrogen) atoms. The molecular weight excluding hydrogens is 456 g/mol. The van der Waals surface area contributed by atoms with E-state index in [0.29, 0.717) is 25.6 Å². The third-order valence-electron chi connectivity index (χ3n) is 7.94. The van der Waals surface area contributed by atoms with Gasteiger partial charge in [0.2, 0.25) is 5.91 Å². The van der Waals surface area contributed by atoms with Crippen LogP contribution in [-0.2, 0) is 25.6 Å². The number of likely N-dealkylation sites (tertiary alicyclic amines) is 1. The van der Waals surface area contributed by atoms with Crippen molar-refractivity contribution in [3.8, 4) is 0 Å². The first-order valence-electron chi connectivity index (χ1n) is 13.1. The van der Waals surface area contributed by atoms with E-state index in [0.717, 1.165) is 31.2 Å². The van der Waals surface area contributed by atoms with Gasteiger partial charge in [-0.3, -0.25) is 9.69 Å². The summed E-state index contributed by atoms with van der Waals surface area (Å²) in [6.07, 6.45) is 4.50. The summed E-state index contributed by atoms with van der Waals surface area (Å²) in [5, 5.41) is 3.15. The number of carbonyl (C=O) groups is 2. The lowest BCUT2D eigenvalue weighted by atomic mass is 9.82. The Morgan fingerprint density at radius 2 is 1.75 bits per heavy atom. The van der Waals surface area contributed by atoms with Gasteiger partial charge >= 0.3 is 6.09 Å². The first kappa shape index (κ1) is 24.8. The van der Waals surface area contributed by atoms with Crippen LogP contribution < -0.4 is 5.32 Å². The van der Waals surface area contributed by atoms with Gasteiger partial charge in [-0.15, -0.1) is 0 Å². The van der Waals surface area contributed by atoms with Crippen molar-refractivity contribution >= 4 is 12.0 Å². The monoisotopic (exact) mass is 492 g/mol. The molecular formula is C29H36N2O5. The van der Waals surface area contributed by atoms with Gasteiger partial charge in [-0.25, -0.2) is 4.79 Å². The fraction of sp³-hybridized carbons (Fsp3) is 0.517. The maximum Gasteiger partial charge on any atom is 0.410 e. The predicted octanol–water partition coefficient (Wildman–Crippen LogP) is 4.41. The fourth-order valence-corrected chi connectivity index (χ4v) is 6.16. The molecule has 1 saturated carbocycles. The minimum atomic E-state index is -0.665.